The van der Waals surface area contributed by atoms with Crippen molar-refractivity contribution >= 4 is 11.8 Å². The molecule has 1 aliphatic heterocycles. The Kier molecular flexibility index (Phi) is 3.41. The molecule has 2 heterocycles. The number of nitrogens with zero attached hydrogens (tertiary/aromatic N) is 1. The van der Waals surface area contributed by atoms with Gasteiger partial charge in [-0.05, 0) is 6.92 Å². The lowest BCUT2D eigenvalue weighted by Gasteiger charge is -2.36. The molecule has 6 nitrogen and oxygen atoms in total. The maximum absolute atomic E-state index is 11.8. The summed E-state index contributed by atoms with van der Waals surface area (Å²) in [7, 11) is 0. The van der Waals surface area contributed by atoms with Crippen LogP contribution in [0.25, 0.3) is 0 Å². The maximum Gasteiger partial charge on any atom is 0.330 e. The summed E-state index contributed by atoms with van der Waals surface area (Å²) in [6, 6.07) is 0. The second kappa shape index (κ2) is 4.67. The number of rotatable bonds is 2. The van der Waals surface area contributed by atoms with Crippen molar-refractivity contribution in [3.8, 4) is 0 Å². The van der Waals surface area contributed by atoms with Crippen molar-refractivity contribution in [3.05, 3.63) is 32.6 Å². The van der Waals surface area contributed by atoms with Crippen LogP contribution < -0.4 is 11.2 Å². The quantitative estimate of drug-likeness (QED) is 0.729. The molecule has 0 saturated carbocycles. The number of aliphatic hydroxyl groups is 1. The number of aromatic amines is 1. The van der Waals surface area contributed by atoms with E-state index in [1.54, 1.807) is 18.7 Å². The number of aliphatic hydroxyl groups excluding tert-OH is 1. The van der Waals surface area contributed by atoms with Crippen LogP contribution in [0.5, 0.6) is 0 Å². The van der Waals surface area contributed by atoms with E-state index in [1.807, 2.05) is 0 Å². The highest BCUT2D eigenvalue weighted by atomic mass is 32.2. The van der Waals surface area contributed by atoms with Crippen LogP contribution >= 0.6 is 11.8 Å². The van der Waals surface area contributed by atoms with Crippen LogP contribution in [-0.2, 0) is 10.5 Å². The summed E-state index contributed by atoms with van der Waals surface area (Å²) in [4.78, 5) is 25.3. The van der Waals surface area contributed by atoms with E-state index in [9.17, 15) is 14.7 Å². The molecule has 1 aliphatic rings. The predicted octanol–water partition coefficient (Wildman–Crippen LogP) is -0.746. The zero-order valence-corrected chi connectivity index (χ0v) is 10.2. The standard InChI is InChI=1S/C10H14N2O4S/c1-7-4-12(9(15)11-8(7)14)10(5-13)6-17-3-2-16-10/h4,13H,2-3,5-6H2,1H3,(H,11,14,15). The van der Waals surface area contributed by atoms with Crippen LogP contribution in [0.3, 0.4) is 0 Å². The number of aromatic nitrogens is 2. The third-order valence-electron chi connectivity index (χ3n) is 2.73. The van der Waals surface area contributed by atoms with Crippen molar-refractivity contribution < 1.29 is 9.84 Å². The van der Waals surface area contributed by atoms with E-state index < -0.39 is 17.0 Å². The first-order valence-electron chi connectivity index (χ1n) is 5.25. The normalized spacial score (nSPS) is 24.8. The molecule has 17 heavy (non-hydrogen) atoms. The average Bonchev–Trinajstić information content (AvgIpc) is 2.34. The van der Waals surface area contributed by atoms with Gasteiger partial charge in [0.1, 0.15) is 0 Å². The second-order valence-electron chi connectivity index (χ2n) is 3.95. The highest BCUT2D eigenvalue weighted by Gasteiger charge is 2.36. The molecule has 0 amide bonds. The molecule has 2 N–H and O–H groups in total. The van der Waals surface area contributed by atoms with Crippen molar-refractivity contribution in [2.24, 2.45) is 0 Å². The minimum atomic E-state index is -1.06. The largest absolute Gasteiger partial charge is 0.391 e. The number of H-pyrrole nitrogens is 1. The van der Waals surface area contributed by atoms with Gasteiger partial charge in [-0.3, -0.25) is 14.3 Å². The topological polar surface area (TPSA) is 84.3 Å². The summed E-state index contributed by atoms with van der Waals surface area (Å²) in [5, 5.41) is 9.49. The second-order valence-corrected chi connectivity index (χ2v) is 5.05. The van der Waals surface area contributed by atoms with Gasteiger partial charge in [-0.25, -0.2) is 4.79 Å². The number of hydrogen-bond donors (Lipinski definition) is 2. The molecule has 0 radical (unpaired) electrons. The summed E-state index contributed by atoms with van der Waals surface area (Å²) < 4.78 is 6.82. The van der Waals surface area contributed by atoms with Crippen molar-refractivity contribution in [3.63, 3.8) is 0 Å². The number of ether oxygens (including phenoxy) is 1. The van der Waals surface area contributed by atoms with Gasteiger partial charge in [0.25, 0.3) is 5.56 Å². The van der Waals surface area contributed by atoms with Crippen LogP contribution in [0.2, 0.25) is 0 Å². The van der Waals surface area contributed by atoms with Crippen LogP contribution in [0.1, 0.15) is 5.56 Å². The van der Waals surface area contributed by atoms with Crippen LogP contribution in [0.4, 0.5) is 0 Å². The molecule has 1 atom stereocenters. The van der Waals surface area contributed by atoms with E-state index >= 15 is 0 Å². The molecule has 0 bridgehead atoms. The third-order valence-corrected chi connectivity index (χ3v) is 3.84. The molecule has 0 spiro atoms. The van der Waals surface area contributed by atoms with Gasteiger partial charge in [0, 0.05) is 23.3 Å². The lowest BCUT2D eigenvalue weighted by atomic mass is 10.2. The fourth-order valence-corrected chi connectivity index (χ4v) is 2.72. The van der Waals surface area contributed by atoms with Crippen molar-refractivity contribution in [2.45, 2.75) is 12.6 Å². The number of aryl methyl sites for hydroxylation is 1. The zero-order valence-electron chi connectivity index (χ0n) is 9.43. The van der Waals surface area contributed by atoms with Gasteiger partial charge >= 0.3 is 5.69 Å². The molecule has 0 aromatic carbocycles. The lowest BCUT2D eigenvalue weighted by Crippen LogP contribution is -2.52. The minimum absolute atomic E-state index is 0.300. The summed E-state index contributed by atoms with van der Waals surface area (Å²) in [5.74, 6) is 1.31. The van der Waals surface area contributed by atoms with E-state index in [2.05, 4.69) is 4.98 Å². The SMILES string of the molecule is Cc1cn(C2(CO)CSCCO2)c(=O)[nH]c1=O. The van der Waals surface area contributed by atoms with Gasteiger partial charge in [0.05, 0.1) is 13.2 Å². The Morgan fingerprint density at radius 3 is 3.00 bits per heavy atom. The van der Waals surface area contributed by atoms with Crippen molar-refractivity contribution in [1.82, 2.24) is 9.55 Å². The van der Waals surface area contributed by atoms with Gasteiger partial charge in [-0.15, -0.1) is 0 Å². The van der Waals surface area contributed by atoms with E-state index in [0.29, 0.717) is 17.9 Å². The summed E-state index contributed by atoms with van der Waals surface area (Å²) in [6.07, 6.45) is 1.43. The first kappa shape index (κ1) is 12.4. The summed E-state index contributed by atoms with van der Waals surface area (Å²) in [5.41, 5.74) is -1.62. The monoisotopic (exact) mass is 258 g/mol. The molecule has 1 saturated heterocycles. The zero-order chi connectivity index (χ0) is 12.5. The summed E-state index contributed by atoms with van der Waals surface area (Å²) >= 11 is 1.60. The van der Waals surface area contributed by atoms with Gasteiger partial charge in [-0.1, -0.05) is 0 Å². The average molecular weight is 258 g/mol. The molecule has 2 rings (SSSR count). The van der Waals surface area contributed by atoms with E-state index in [1.165, 1.54) is 10.8 Å². The lowest BCUT2D eigenvalue weighted by molar-refractivity contribution is -0.122. The number of hydrogen-bond acceptors (Lipinski definition) is 5. The Morgan fingerprint density at radius 2 is 2.41 bits per heavy atom. The van der Waals surface area contributed by atoms with Gasteiger partial charge in [0.2, 0.25) is 0 Å². The fraction of sp³-hybridized carbons (Fsp3) is 0.600. The molecule has 94 valence electrons. The molecular formula is C10H14N2O4S. The Bertz CT molecular complexity index is 516. The Balaban J connectivity index is 2.54. The molecular weight excluding hydrogens is 244 g/mol. The van der Waals surface area contributed by atoms with Crippen molar-refractivity contribution in [2.75, 3.05) is 24.7 Å². The van der Waals surface area contributed by atoms with E-state index in [0.717, 1.165) is 5.75 Å². The first-order valence-corrected chi connectivity index (χ1v) is 6.40. The highest BCUT2D eigenvalue weighted by molar-refractivity contribution is 7.99. The number of nitrogens with one attached hydrogen (secondary N) is 1. The van der Waals surface area contributed by atoms with Crippen LogP contribution in [0, 0.1) is 6.92 Å². The van der Waals surface area contributed by atoms with Gasteiger partial charge in [0.15, 0.2) is 5.72 Å². The van der Waals surface area contributed by atoms with E-state index in [4.69, 9.17) is 4.74 Å². The van der Waals surface area contributed by atoms with Crippen molar-refractivity contribution in [1.29, 1.82) is 0 Å². The van der Waals surface area contributed by atoms with Gasteiger partial charge < -0.3 is 9.84 Å². The highest BCUT2D eigenvalue weighted by Crippen LogP contribution is 2.26. The van der Waals surface area contributed by atoms with Gasteiger partial charge in [-0.2, -0.15) is 11.8 Å². The predicted molar refractivity (Wildman–Crippen MR) is 64.4 cm³/mol. The Labute approximate surface area is 102 Å². The molecule has 1 aromatic rings. The molecule has 1 aromatic heterocycles. The van der Waals surface area contributed by atoms with E-state index in [-0.39, 0.29) is 6.61 Å². The molecule has 0 aliphatic carbocycles. The Hall–Kier alpha value is -1.05. The molecule has 1 unspecified atom stereocenters. The van der Waals surface area contributed by atoms with Crippen LogP contribution in [0.15, 0.2) is 15.8 Å². The van der Waals surface area contributed by atoms with Crippen LogP contribution in [-0.4, -0.2) is 39.4 Å². The summed E-state index contributed by atoms with van der Waals surface area (Å²) in [6.45, 7) is 1.77. The third kappa shape index (κ3) is 2.18. The smallest absolute Gasteiger partial charge is 0.330 e. The molecule has 7 heteroatoms. The first-order chi connectivity index (χ1) is 8.09. The number of thioether (sulfide) groups is 1. The minimum Gasteiger partial charge on any atom is -0.391 e. The maximum atomic E-state index is 11.8. The Morgan fingerprint density at radius 1 is 1.65 bits per heavy atom. The molecule has 1 fully saturated rings. The fourth-order valence-electron chi connectivity index (χ4n) is 1.74.